The summed E-state index contributed by atoms with van der Waals surface area (Å²) in [5.74, 6) is -0.395. The quantitative estimate of drug-likeness (QED) is 0.287. The van der Waals surface area contributed by atoms with Crippen molar-refractivity contribution < 1.29 is 13.5 Å². The number of aromatic nitrogens is 4. The molecule has 0 bridgehead atoms. The number of rotatable bonds is 6. The van der Waals surface area contributed by atoms with Crippen LogP contribution >= 0.6 is 0 Å². The fraction of sp³-hybridized carbons (Fsp3) is 0.344. The molecule has 1 aliphatic heterocycles. The average molecular weight is 586 g/mol. The minimum Gasteiger partial charge on any atom is -0.496 e. The molecular weight excluding hydrogens is 552 g/mol. The summed E-state index contributed by atoms with van der Waals surface area (Å²) in [6, 6.07) is 9.79. The number of nitriles is 1. The molecule has 1 aliphatic rings. The zero-order valence-electron chi connectivity index (χ0n) is 25.0. The molecule has 0 amide bonds. The Bertz CT molecular complexity index is 1840. The molecule has 222 valence electrons. The van der Waals surface area contributed by atoms with Crippen LogP contribution in [-0.4, -0.2) is 57.2 Å². The first kappa shape index (κ1) is 29.6. The van der Waals surface area contributed by atoms with Gasteiger partial charge in [0.25, 0.3) is 0 Å². The Kier molecular flexibility index (Phi) is 8.13. The van der Waals surface area contributed by atoms with Crippen molar-refractivity contribution in [1.29, 1.82) is 5.26 Å². The van der Waals surface area contributed by atoms with Crippen LogP contribution in [0, 0.1) is 24.1 Å². The molecule has 4 heterocycles. The van der Waals surface area contributed by atoms with Crippen molar-refractivity contribution in [2.75, 3.05) is 31.6 Å². The van der Waals surface area contributed by atoms with E-state index in [1.54, 1.807) is 24.4 Å². The number of methoxy groups -OCH3 is 1. The third-order valence-corrected chi connectivity index (χ3v) is 7.62. The lowest BCUT2D eigenvalue weighted by Gasteiger charge is -2.40. The minimum absolute atomic E-state index is 0.0168. The van der Waals surface area contributed by atoms with Gasteiger partial charge >= 0.3 is 5.69 Å². The van der Waals surface area contributed by atoms with E-state index in [1.165, 1.54) is 36.9 Å². The Balaban J connectivity index is 1.87. The lowest BCUT2D eigenvalue weighted by atomic mass is 10.0. The Hall–Kier alpha value is -4.85. The number of aryl methyl sites for hydroxylation is 1. The maximum absolute atomic E-state index is 15.4. The highest BCUT2D eigenvalue weighted by Crippen LogP contribution is 2.37. The highest BCUT2D eigenvalue weighted by Gasteiger charge is 2.29. The third-order valence-electron chi connectivity index (χ3n) is 7.62. The van der Waals surface area contributed by atoms with E-state index in [4.69, 9.17) is 9.72 Å². The van der Waals surface area contributed by atoms with E-state index in [0.29, 0.717) is 42.2 Å². The number of piperazine rings is 1. The number of halogens is 2. The van der Waals surface area contributed by atoms with Gasteiger partial charge in [-0.15, -0.1) is 0 Å². The molecule has 0 N–H and O–H groups in total. The molecule has 9 nitrogen and oxygen atoms in total. The number of hydrogen-bond donors (Lipinski definition) is 0. The largest absolute Gasteiger partial charge is 0.496 e. The Labute approximate surface area is 248 Å². The number of pyridine rings is 2. The molecule has 11 heteroatoms. The molecule has 0 aliphatic carbocycles. The summed E-state index contributed by atoms with van der Waals surface area (Å²) >= 11 is 0. The number of hydrogen-bond acceptors (Lipinski definition) is 8. The summed E-state index contributed by atoms with van der Waals surface area (Å²) in [4.78, 5) is 31.9. The molecule has 0 spiro atoms. The maximum atomic E-state index is 15.4. The second-order valence-electron chi connectivity index (χ2n) is 11.0. The molecule has 1 atom stereocenters. The van der Waals surface area contributed by atoms with Crippen LogP contribution in [-0.2, 0) is 0 Å². The van der Waals surface area contributed by atoms with Crippen molar-refractivity contribution in [3.8, 4) is 28.8 Å². The first-order chi connectivity index (χ1) is 20.5. The van der Waals surface area contributed by atoms with Crippen molar-refractivity contribution in [1.82, 2.24) is 24.4 Å². The van der Waals surface area contributed by atoms with Gasteiger partial charge in [-0.05, 0) is 56.5 Å². The maximum Gasteiger partial charge on any atom is 0.355 e. The molecule has 3 aromatic heterocycles. The van der Waals surface area contributed by atoms with Gasteiger partial charge in [-0.3, -0.25) is 4.98 Å². The predicted octanol–water partition coefficient (Wildman–Crippen LogP) is 5.64. The zero-order valence-corrected chi connectivity index (χ0v) is 25.0. The Morgan fingerprint density at radius 1 is 1.23 bits per heavy atom. The number of fused-ring (bicyclic) bond motifs is 1. The van der Waals surface area contributed by atoms with Gasteiger partial charge in [-0.25, -0.2) is 23.1 Å². The second-order valence-corrected chi connectivity index (χ2v) is 11.0. The van der Waals surface area contributed by atoms with E-state index in [2.05, 4.69) is 16.0 Å². The molecule has 4 aromatic rings. The fourth-order valence-electron chi connectivity index (χ4n) is 5.68. The molecule has 43 heavy (non-hydrogen) atoms. The molecule has 1 fully saturated rings. The SMILES string of the molecule is COc1cccc(F)c1-c1nc2c(cc1C#N)c(N1CCN(C=C(C)F)C[C@@H]1C)nc(=O)n2-c1c(C)ccnc1C(C)C. The van der Waals surface area contributed by atoms with Crippen LogP contribution in [0.2, 0.25) is 0 Å². The first-order valence-electron chi connectivity index (χ1n) is 14.1. The van der Waals surface area contributed by atoms with E-state index in [0.717, 1.165) is 5.56 Å². The zero-order chi connectivity index (χ0) is 31.0. The molecule has 1 aromatic carbocycles. The average Bonchev–Trinajstić information content (AvgIpc) is 2.96. The van der Waals surface area contributed by atoms with Gasteiger partial charge in [-0.1, -0.05) is 19.9 Å². The fourth-order valence-corrected chi connectivity index (χ4v) is 5.68. The van der Waals surface area contributed by atoms with Crippen molar-refractivity contribution in [2.45, 2.75) is 46.6 Å². The number of benzene rings is 1. The van der Waals surface area contributed by atoms with E-state index in [1.807, 2.05) is 37.5 Å². The molecule has 0 saturated carbocycles. The summed E-state index contributed by atoms with van der Waals surface area (Å²) in [6.07, 6.45) is 3.16. The second kappa shape index (κ2) is 11.8. The van der Waals surface area contributed by atoms with Crippen LogP contribution < -0.4 is 15.3 Å². The highest BCUT2D eigenvalue weighted by molar-refractivity contribution is 5.93. The van der Waals surface area contributed by atoms with Gasteiger partial charge in [0, 0.05) is 38.1 Å². The van der Waals surface area contributed by atoms with Crippen LogP contribution in [0.15, 0.2) is 53.4 Å². The van der Waals surface area contributed by atoms with Crippen molar-refractivity contribution in [3.05, 3.63) is 81.7 Å². The van der Waals surface area contributed by atoms with Gasteiger partial charge in [0.15, 0.2) is 5.65 Å². The number of nitrogens with zero attached hydrogens (tertiary/aromatic N) is 7. The minimum atomic E-state index is -0.618. The third kappa shape index (κ3) is 5.41. The summed E-state index contributed by atoms with van der Waals surface area (Å²) in [6.45, 7) is 10.6. The summed E-state index contributed by atoms with van der Waals surface area (Å²) in [5, 5.41) is 10.7. The van der Waals surface area contributed by atoms with Crippen LogP contribution in [0.4, 0.5) is 14.6 Å². The highest BCUT2D eigenvalue weighted by atomic mass is 19.1. The molecule has 1 saturated heterocycles. The summed E-state index contributed by atoms with van der Waals surface area (Å²) in [7, 11) is 1.41. The van der Waals surface area contributed by atoms with Gasteiger partial charge in [0.2, 0.25) is 0 Å². The Morgan fingerprint density at radius 2 is 2.00 bits per heavy atom. The van der Waals surface area contributed by atoms with Crippen molar-refractivity contribution in [3.63, 3.8) is 0 Å². The Morgan fingerprint density at radius 3 is 2.65 bits per heavy atom. The van der Waals surface area contributed by atoms with Gasteiger partial charge in [-0.2, -0.15) is 10.2 Å². The van der Waals surface area contributed by atoms with Crippen LogP contribution in [0.5, 0.6) is 5.75 Å². The van der Waals surface area contributed by atoms with Crippen LogP contribution in [0.3, 0.4) is 0 Å². The van der Waals surface area contributed by atoms with Gasteiger partial charge < -0.3 is 14.5 Å². The number of anilines is 1. The lowest BCUT2D eigenvalue weighted by Crippen LogP contribution is -2.51. The molecular formula is C32H33F2N7O2. The molecule has 0 radical (unpaired) electrons. The normalized spacial score (nSPS) is 15.7. The summed E-state index contributed by atoms with van der Waals surface area (Å²) < 4.78 is 35.8. The number of ether oxygens (including phenoxy) is 1. The van der Waals surface area contributed by atoms with E-state index < -0.39 is 11.5 Å². The van der Waals surface area contributed by atoms with Crippen molar-refractivity contribution in [2.24, 2.45) is 0 Å². The summed E-state index contributed by atoms with van der Waals surface area (Å²) in [5.41, 5.74) is 1.77. The van der Waals surface area contributed by atoms with Crippen LogP contribution in [0.25, 0.3) is 28.0 Å². The van der Waals surface area contributed by atoms with E-state index in [9.17, 15) is 14.4 Å². The predicted molar refractivity (Wildman–Crippen MR) is 162 cm³/mol. The lowest BCUT2D eigenvalue weighted by molar-refractivity contribution is 0.299. The topological polar surface area (TPSA) is 100 Å². The van der Waals surface area contributed by atoms with E-state index >= 15 is 4.39 Å². The standard InChI is InChI=1S/C32H33F2N7O2/c1-18(2)27-29(19(3)10-11-36-27)41-31-23(14-22(15-35)28(37-31)26-24(34)8-7-9-25(26)43-6)30(38-32(41)42)40-13-12-39(16-20(4)33)17-21(40)5/h7-11,14,16,18,21H,12-13,17H2,1-6H3/t21-/m0/s1. The number of allylic oxidation sites excluding steroid dienone is 1. The van der Waals surface area contributed by atoms with Crippen LogP contribution in [0.1, 0.15) is 50.4 Å². The smallest absolute Gasteiger partial charge is 0.355 e. The molecule has 5 rings (SSSR count). The monoisotopic (exact) mass is 585 g/mol. The first-order valence-corrected chi connectivity index (χ1v) is 14.1. The van der Waals surface area contributed by atoms with Crippen molar-refractivity contribution >= 4 is 16.9 Å². The van der Waals surface area contributed by atoms with Gasteiger partial charge in [0.05, 0.1) is 40.7 Å². The van der Waals surface area contributed by atoms with E-state index in [-0.39, 0.29) is 46.0 Å². The molecule has 0 unspecified atom stereocenters. The van der Waals surface area contributed by atoms with Gasteiger partial charge in [0.1, 0.15) is 29.3 Å².